The maximum absolute atomic E-state index is 12.6. The summed E-state index contributed by atoms with van der Waals surface area (Å²) in [7, 11) is 0. The third kappa shape index (κ3) is 3.53. The highest BCUT2D eigenvalue weighted by Gasteiger charge is 2.36. The van der Waals surface area contributed by atoms with Crippen molar-refractivity contribution in [2.45, 2.75) is 52.5 Å². The molecule has 2 aliphatic rings. The topological polar surface area (TPSA) is 49.8 Å². The van der Waals surface area contributed by atoms with Gasteiger partial charge in [-0.15, -0.1) is 0 Å². The van der Waals surface area contributed by atoms with Crippen molar-refractivity contribution in [1.29, 1.82) is 0 Å². The summed E-state index contributed by atoms with van der Waals surface area (Å²) in [5.74, 6) is 1.12. The fourth-order valence-electron chi connectivity index (χ4n) is 3.54. The van der Waals surface area contributed by atoms with Crippen molar-refractivity contribution in [3.8, 4) is 0 Å². The highest BCUT2D eigenvalue weighted by atomic mass is 16.5. The number of morpholine rings is 1. The number of aliphatic hydroxyl groups excluding tert-OH is 1. The van der Waals surface area contributed by atoms with Gasteiger partial charge in [0.2, 0.25) is 5.91 Å². The molecule has 1 amide bonds. The van der Waals surface area contributed by atoms with E-state index in [1.54, 1.807) is 0 Å². The van der Waals surface area contributed by atoms with Gasteiger partial charge in [0.05, 0.1) is 25.9 Å². The van der Waals surface area contributed by atoms with Crippen LogP contribution in [-0.4, -0.2) is 48.3 Å². The number of aliphatic hydroxyl groups is 1. The van der Waals surface area contributed by atoms with E-state index in [0.29, 0.717) is 25.2 Å². The fraction of sp³-hybridized carbons (Fsp3) is 0.938. The molecule has 1 saturated carbocycles. The molecule has 4 heteroatoms. The van der Waals surface area contributed by atoms with E-state index in [1.165, 1.54) is 0 Å². The maximum Gasteiger partial charge on any atom is 0.226 e. The second kappa shape index (κ2) is 6.44. The van der Waals surface area contributed by atoms with Gasteiger partial charge in [-0.05, 0) is 37.0 Å². The molecule has 1 aliphatic heterocycles. The molecule has 0 spiro atoms. The van der Waals surface area contributed by atoms with Crippen LogP contribution in [0.4, 0.5) is 0 Å². The van der Waals surface area contributed by atoms with Crippen molar-refractivity contribution in [3.63, 3.8) is 0 Å². The molecule has 2 rings (SSSR count). The van der Waals surface area contributed by atoms with E-state index >= 15 is 0 Å². The SMILES string of the molecule is CC(C)(C)C1CCC(C(=O)N2CCOCC2CO)CC1. The van der Waals surface area contributed by atoms with Crippen LogP contribution < -0.4 is 0 Å². The third-order valence-electron chi connectivity index (χ3n) is 5.02. The zero-order valence-corrected chi connectivity index (χ0v) is 13.1. The lowest BCUT2D eigenvalue weighted by atomic mass is 9.69. The Hall–Kier alpha value is -0.610. The normalized spacial score (nSPS) is 32.2. The zero-order chi connectivity index (χ0) is 14.8. The minimum atomic E-state index is -0.142. The van der Waals surface area contributed by atoms with Crippen molar-refractivity contribution in [2.75, 3.05) is 26.4 Å². The molecule has 1 atom stereocenters. The zero-order valence-electron chi connectivity index (χ0n) is 13.1. The summed E-state index contributed by atoms with van der Waals surface area (Å²) < 4.78 is 5.35. The number of carbonyl (C=O) groups excluding carboxylic acids is 1. The van der Waals surface area contributed by atoms with Crippen LogP contribution in [0.1, 0.15) is 46.5 Å². The molecule has 4 nitrogen and oxygen atoms in total. The third-order valence-corrected chi connectivity index (χ3v) is 5.02. The Bertz CT molecular complexity index is 329. The van der Waals surface area contributed by atoms with Gasteiger partial charge < -0.3 is 14.7 Å². The minimum Gasteiger partial charge on any atom is -0.394 e. The first-order valence-corrected chi connectivity index (χ1v) is 7.92. The summed E-state index contributed by atoms with van der Waals surface area (Å²) in [5.41, 5.74) is 0.348. The summed E-state index contributed by atoms with van der Waals surface area (Å²) in [6, 6.07) is -0.142. The smallest absolute Gasteiger partial charge is 0.226 e. The molecule has 116 valence electrons. The summed E-state index contributed by atoms with van der Waals surface area (Å²) in [6.07, 6.45) is 4.29. The Labute approximate surface area is 122 Å². The van der Waals surface area contributed by atoms with Gasteiger partial charge in [-0.25, -0.2) is 0 Å². The number of hydrogen-bond donors (Lipinski definition) is 1. The number of amides is 1. The molecule has 1 saturated heterocycles. The average molecular weight is 283 g/mol. The fourth-order valence-corrected chi connectivity index (χ4v) is 3.54. The van der Waals surface area contributed by atoms with Gasteiger partial charge >= 0.3 is 0 Å². The molecular weight excluding hydrogens is 254 g/mol. The van der Waals surface area contributed by atoms with Gasteiger partial charge in [-0.1, -0.05) is 20.8 Å². The lowest BCUT2D eigenvalue weighted by molar-refractivity contribution is -0.147. The molecule has 2 fully saturated rings. The summed E-state index contributed by atoms with van der Waals surface area (Å²) >= 11 is 0. The van der Waals surface area contributed by atoms with E-state index < -0.39 is 0 Å². The van der Waals surface area contributed by atoms with E-state index in [0.717, 1.165) is 31.6 Å². The standard InChI is InChI=1S/C16H29NO3/c1-16(2,3)13-6-4-12(5-7-13)15(19)17-8-9-20-11-14(17)10-18/h12-14,18H,4-11H2,1-3H3. The van der Waals surface area contributed by atoms with Crippen molar-refractivity contribution >= 4 is 5.91 Å². The second-order valence-corrected chi connectivity index (χ2v) is 7.36. The highest BCUT2D eigenvalue weighted by Crippen LogP contribution is 2.40. The summed E-state index contributed by atoms with van der Waals surface area (Å²) in [5, 5.41) is 9.38. The lowest BCUT2D eigenvalue weighted by Crippen LogP contribution is -2.52. The van der Waals surface area contributed by atoms with Crippen molar-refractivity contribution in [3.05, 3.63) is 0 Å². The van der Waals surface area contributed by atoms with E-state index in [9.17, 15) is 9.90 Å². The summed E-state index contributed by atoms with van der Waals surface area (Å²) in [6.45, 7) is 8.59. The molecular formula is C16H29NO3. The van der Waals surface area contributed by atoms with Crippen molar-refractivity contribution in [1.82, 2.24) is 4.90 Å². The van der Waals surface area contributed by atoms with Crippen molar-refractivity contribution in [2.24, 2.45) is 17.3 Å². The van der Waals surface area contributed by atoms with E-state index in [4.69, 9.17) is 4.74 Å². The minimum absolute atomic E-state index is 0.00305. The highest BCUT2D eigenvalue weighted by molar-refractivity contribution is 5.79. The van der Waals surface area contributed by atoms with Gasteiger partial charge in [0.15, 0.2) is 0 Å². The number of rotatable bonds is 2. The van der Waals surface area contributed by atoms with Crippen LogP contribution in [0.2, 0.25) is 0 Å². The van der Waals surface area contributed by atoms with Gasteiger partial charge in [-0.2, -0.15) is 0 Å². The molecule has 0 aromatic heterocycles. The number of nitrogens with zero attached hydrogens (tertiary/aromatic N) is 1. The molecule has 0 aromatic rings. The molecule has 1 heterocycles. The Morgan fingerprint density at radius 3 is 2.45 bits per heavy atom. The summed E-state index contributed by atoms with van der Waals surface area (Å²) in [4.78, 5) is 14.5. The predicted molar refractivity (Wildman–Crippen MR) is 78.3 cm³/mol. The molecule has 20 heavy (non-hydrogen) atoms. The van der Waals surface area contributed by atoms with E-state index in [-0.39, 0.29) is 24.5 Å². The maximum atomic E-state index is 12.6. The average Bonchev–Trinajstić information content (AvgIpc) is 2.45. The van der Waals surface area contributed by atoms with Crippen LogP contribution in [0.3, 0.4) is 0 Å². The molecule has 1 aliphatic carbocycles. The monoisotopic (exact) mass is 283 g/mol. The van der Waals surface area contributed by atoms with Crippen LogP contribution >= 0.6 is 0 Å². The largest absolute Gasteiger partial charge is 0.394 e. The van der Waals surface area contributed by atoms with E-state index in [2.05, 4.69) is 20.8 Å². The number of hydrogen-bond acceptors (Lipinski definition) is 3. The first-order valence-electron chi connectivity index (χ1n) is 7.92. The number of ether oxygens (including phenoxy) is 1. The van der Waals surface area contributed by atoms with Crippen LogP contribution in [0, 0.1) is 17.3 Å². The van der Waals surface area contributed by atoms with Crippen LogP contribution in [0.15, 0.2) is 0 Å². The first-order chi connectivity index (χ1) is 9.43. The van der Waals surface area contributed by atoms with Gasteiger partial charge in [-0.3, -0.25) is 4.79 Å². The quantitative estimate of drug-likeness (QED) is 0.844. The Balaban J connectivity index is 1.91. The van der Waals surface area contributed by atoms with Gasteiger partial charge in [0.1, 0.15) is 0 Å². The van der Waals surface area contributed by atoms with Gasteiger partial charge in [0.25, 0.3) is 0 Å². The lowest BCUT2D eigenvalue weighted by Gasteiger charge is -2.40. The second-order valence-electron chi connectivity index (χ2n) is 7.36. The first kappa shape index (κ1) is 15.8. The van der Waals surface area contributed by atoms with Crippen molar-refractivity contribution < 1.29 is 14.6 Å². The molecule has 0 aromatic carbocycles. The molecule has 1 unspecified atom stereocenters. The van der Waals surface area contributed by atoms with E-state index in [1.807, 2.05) is 4.90 Å². The molecule has 0 bridgehead atoms. The Morgan fingerprint density at radius 1 is 1.25 bits per heavy atom. The van der Waals surface area contributed by atoms with Crippen LogP contribution in [0.25, 0.3) is 0 Å². The molecule has 0 radical (unpaired) electrons. The Morgan fingerprint density at radius 2 is 1.90 bits per heavy atom. The Kier molecular flexibility index (Phi) is 5.08. The predicted octanol–water partition coefficient (Wildman–Crippen LogP) is 2.06. The van der Waals surface area contributed by atoms with Crippen LogP contribution in [0.5, 0.6) is 0 Å². The van der Waals surface area contributed by atoms with Gasteiger partial charge in [0, 0.05) is 12.5 Å². The number of carbonyl (C=O) groups is 1. The van der Waals surface area contributed by atoms with Crippen LogP contribution in [-0.2, 0) is 9.53 Å². The molecule has 1 N–H and O–H groups in total.